The van der Waals surface area contributed by atoms with Crippen LogP contribution in [0.15, 0.2) is 6.33 Å². The van der Waals surface area contributed by atoms with Crippen LogP contribution in [0.3, 0.4) is 0 Å². The fourth-order valence-corrected chi connectivity index (χ4v) is 1.19. The second kappa shape index (κ2) is 5.33. The van der Waals surface area contributed by atoms with E-state index in [-0.39, 0.29) is 6.04 Å². The normalized spacial score (nSPS) is 12.3. The molecule has 70 valence electrons. The third-order valence-corrected chi connectivity index (χ3v) is 1.79. The van der Waals surface area contributed by atoms with E-state index in [9.17, 15) is 0 Å². The van der Waals surface area contributed by atoms with Crippen LogP contribution < -0.4 is 5.32 Å². The third kappa shape index (κ3) is 2.88. The standard InChI is InChI=1S/C9H14N4/c1-3-5-6-8(10-4-2)9-11-7-12-13-9/h1,7-8,10H,4-6H2,2H3,(H,11,12,13). The predicted molar refractivity (Wildman–Crippen MR) is 50.9 cm³/mol. The molecule has 1 aromatic heterocycles. The maximum atomic E-state index is 5.20. The minimum absolute atomic E-state index is 0.198. The van der Waals surface area contributed by atoms with Crippen molar-refractivity contribution in [3.05, 3.63) is 12.2 Å². The van der Waals surface area contributed by atoms with Gasteiger partial charge in [-0.15, -0.1) is 12.3 Å². The molecule has 1 heterocycles. The van der Waals surface area contributed by atoms with Gasteiger partial charge in [0.2, 0.25) is 0 Å². The highest BCUT2D eigenvalue weighted by molar-refractivity contribution is 4.94. The number of nitrogens with one attached hydrogen (secondary N) is 2. The first-order chi connectivity index (χ1) is 6.38. The van der Waals surface area contributed by atoms with Gasteiger partial charge in [-0.1, -0.05) is 6.92 Å². The average molecular weight is 178 g/mol. The SMILES string of the molecule is C#CCCC(NCC)c1ncn[nH]1. The zero-order chi connectivity index (χ0) is 9.52. The Morgan fingerprint density at radius 3 is 3.15 bits per heavy atom. The van der Waals surface area contributed by atoms with E-state index in [1.807, 2.05) is 0 Å². The molecule has 0 bridgehead atoms. The molecule has 1 unspecified atom stereocenters. The molecule has 4 nitrogen and oxygen atoms in total. The smallest absolute Gasteiger partial charge is 0.141 e. The highest BCUT2D eigenvalue weighted by atomic mass is 15.2. The molecule has 0 amide bonds. The zero-order valence-corrected chi connectivity index (χ0v) is 7.75. The largest absolute Gasteiger partial charge is 0.308 e. The second-order valence-corrected chi connectivity index (χ2v) is 2.72. The van der Waals surface area contributed by atoms with Crippen LogP contribution in [0.25, 0.3) is 0 Å². The molecular weight excluding hydrogens is 164 g/mol. The summed E-state index contributed by atoms with van der Waals surface area (Å²) >= 11 is 0. The van der Waals surface area contributed by atoms with Crippen molar-refractivity contribution in [2.75, 3.05) is 6.54 Å². The Labute approximate surface area is 78.2 Å². The molecule has 1 atom stereocenters. The Morgan fingerprint density at radius 2 is 2.62 bits per heavy atom. The number of aromatic nitrogens is 3. The van der Waals surface area contributed by atoms with Crippen molar-refractivity contribution >= 4 is 0 Å². The minimum atomic E-state index is 0.198. The second-order valence-electron chi connectivity index (χ2n) is 2.72. The highest BCUT2D eigenvalue weighted by Gasteiger charge is 2.11. The molecule has 0 spiro atoms. The Bertz CT molecular complexity index is 260. The molecule has 0 saturated carbocycles. The van der Waals surface area contributed by atoms with E-state index >= 15 is 0 Å². The molecule has 0 aliphatic carbocycles. The lowest BCUT2D eigenvalue weighted by atomic mass is 10.1. The van der Waals surface area contributed by atoms with Crippen molar-refractivity contribution in [3.8, 4) is 12.3 Å². The number of H-pyrrole nitrogens is 1. The van der Waals surface area contributed by atoms with Crippen molar-refractivity contribution in [3.63, 3.8) is 0 Å². The summed E-state index contributed by atoms with van der Waals surface area (Å²) in [5.74, 6) is 3.47. The van der Waals surface area contributed by atoms with Gasteiger partial charge < -0.3 is 5.32 Å². The van der Waals surface area contributed by atoms with Gasteiger partial charge in [-0.05, 0) is 13.0 Å². The van der Waals surface area contributed by atoms with Gasteiger partial charge in [0.15, 0.2) is 0 Å². The summed E-state index contributed by atoms with van der Waals surface area (Å²) in [5, 5.41) is 9.93. The van der Waals surface area contributed by atoms with Crippen LogP contribution in [-0.2, 0) is 0 Å². The van der Waals surface area contributed by atoms with Crippen LogP contribution in [0.4, 0.5) is 0 Å². The number of rotatable bonds is 5. The van der Waals surface area contributed by atoms with Crippen LogP contribution in [0.1, 0.15) is 31.6 Å². The summed E-state index contributed by atoms with van der Waals surface area (Å²) in [5.41, 5.74) is 0. The molecule has 4 heteroatoms. The Morgan fingerprint density at radius 1 is 1.77 bits per heavy atom. The van der Waals surface area contributed by atoms with Gasteiger partial charge in [-0.3, -0.25) is 5.10 Å². The number of hydrogen-bond donors (Lipinski definition) is 2. The summed E-state index contributed by atoms with van der Waals surface area (Å²) in [6, 6.07) is 0.198. The Balaban J connectivity index is 2.53. The molecule has 0 aliphatic heterocycles. The topological polar surface area (TPSA) is 53.6 Å². The molecule has 0 aromatic carbocycles. The number of terminal acetylenes is 1. The number of hydrogen-bond acceptors (Lipinski definition) is 3. The van der Waals surface area contributed by atoms with Gasteiger partial charge in [0.05, 0.1) is 6.04 Å². The summed E-state index contributed by atoms with van der Waals surface area (Å²) < 4.78 is 0. The van der Waals surface area contributed by atoms with E-state index in [0.717, 1.165) is 25.2 Å². The lowest BCUT2D eigenvalue weighted by Crippen LogP contribution is -2.21. The minimum Gasteiger partial charge on any atom is -0.308 e. The lowest BCUT2D eigenvalue weighted by Gasteiger charge is -2.12. The Hall–Kier alpha value is -1.34. The van der Waals surface area contributed by atoms with E-state index in [2.05, 4.69) is 33.3 Å². The third-order valence-electron chi connectivity index (χ3n) is 1.79. The molecule has 13 heavy (non-hydrogen) atoms. The van der Waals surface area contributed by atoms with Crippen LogP contribution in [0.2, 0.25) is 0 Å². The van der Waals surface area contributed by atoms with E-state index in [1.54, 1.807) is 0 Å². The first kappa shape index (κ1) is 9.75. The maximum Gasteiger partial charge on any atom is 0.141 e. The van der Waals surface area contributed by atoms with Gasteiger partial charge in [-0.25, -0.2) is 4.98 Å². The fourth-order valence-electron chi connectivity index (χ4n) is 1.19. The van der Waals surface area contributed by atoms with E-state index in [1.165, 1.54) is 6.33 Å². The molecule has 0 aliphatic rings. The number of aromatic amines is 1. The molecular formula is C9H14N4. The zero-order valence-electron chi connectivity index (χ0n) is 7.75. The van der Waals surface area contributed by atoms with E-state index < -0.39 is 0 Å². The average Bonchev–Trinajstić information content (AvgIpc) is 2.65. The van der Waals surface area contributed by atoms with Crippen molar-refractivity contribution in [1.29, 1.82) is 0 Å². The van der Waals surface area contributed by atoms with Gasteiger partial charge in [0.25, 0.3) is 0 Å². The van der Waals surface area contributed by atoms with Gasteiger partial charge >= 0.3 is 0 Å². The van der Waals surface area contributed by atoms with Crippen molar-refractivity contribution in [1.82, 2.24) is 20.5 Å². The van der Waals surface area contributed by atoms with E-state index in [4.69, 9.17) is 6.42 Å². The molecule has 1 rings (SSSR count). The summed E-state index contributed by atoms with van der Waals surface area (Å²) in [7, 11) is 0. The van der Waals surface area contributed by atoms with Gasteiger partial charge in [0, 0.05) is 6.42 Å². The summed E-state index contributed by atoms with van der Waals surface area (Å²) in [4.78, 5) is 4.09. The molecule has 2 N–H and O–H groups in total. The Kier molecular flexibility index (Phi) is 4.00. The fraction of sp³-hybridized carbons (Fsp3) is 0.556. The monoisotopic (exact) mass is 178 g/mol. The van der Waals surface area contributed by atoms with Crippen LogP contribution in [-0.4, -0.2) is 21.7 Å². The molecule has 0 fully saturated rings. The van der Waals surface area contributed by atoms with Gasteiger partial charge in [0.1, 0.15) is 12.2 Å². The summed E-state index contributed by atoms with van der Waals surface area (Å²) in [6.45, 7) is 2.95. The van der Waals surface area contributed by atoms with Crippen molar-refractivity contribution in [2.45, 2.75) is 25.8 Å². The molecule has 1 aromatic rings. The molecule has 0 saturated heterocycles. The molecule has 0 radical (unpaired) electrons. The summed E-state index contributed by atoms with van der Waals surface area (Å²) in [6.07, 6.45) is 8.35. The van der Waals surface area contributed by atoms with Crippen molar-refractivity contribution in [2.24, 2.45) is 0 Å². The van der Waals surface area contributed by atoms with Crippen LogP contribution in [0.5, 0.6) is 0 Å². The van der Waals surface area contributed by atoms with Crippen LogP contribution >= 0.6 is 0 Å². The van der Waals surface area contributed by atoms with Gasteiger partial charge in [-0.2, -0.15) is 5.10 Å². The lowest BCUT2D eigenvalue weighted by molar-refractivity contribution is 0.498. The van der Waals surface area contributed by atoms with Crippen molar-refractivity contribution < 1.29 is 0 Å². The maximum absolute atomic E-state index is 5.20. The first-order valence-electron chi connectivity index (χ1n) is 4.40. The van der Waals surface area contributed by atoms with E-state index in [0.29, 0.717) is 0 Å². The quantitative estimate of drug-likeness (QED) is 0.658. The number of nitrogens with zero attached hydrogens (tertiary/aromatic N) is 2. The van der Waals surface area contributed by atoms with Crippen LogP contribution in [0, 0.1) is 12.3 Å². The predicted octanol–water partition coefficient (Wildman–Crippen LogP) is 0.869. The highest BCUT2D eigenvalue weighted by Crippen LogP contribution is 2.12. The first-order valence-corrected chi connectivity index (χ1v) is 4.40.